The maximum atomic E-state index is 5.88. The van der Waals surface area contributed by atoms with Gasteiger partial charge in [-0.25, -0.2) is 0 Å². The van der Waals surface area contributed by atoms with Crippen molar-refractivity contribution in [3.05, 3.63) is 0 Å². The average Bonchev–Trinajstić information content (AvgIpc) is 2.43. The first-order valence-corrected chi connectivity index (χ1v) is 7.05. The third kappa shape index (κ3) is 4.28. The minimum Gasteiger partial charge on any atom is -0.381 e. The quantitative estimate of drug-likeness (QED) is 0.707. The Balaban J connectivity index is 2.65. The molecule has 0 saturated carbocycles. The van der Waals surface area contributed by atoms with E-state index in [0.29, 0.717) is 6.04 Å². The molecule has 1 N–H and O–H groups in total. The van der Waals surface area contributed by atoms with Gasteiger partial charge in [-0.1, -0.05) is 6.92 Å². The van der Waals surface area contributed by atoms with Crippen LogP contribution in [-0.4, -0.2) is 38.5 Å². The molecular formula is C15H27NO2. The van der Waals surface area contributed by atoms with Gasteiger partial charge in [0.25, 0.3) is 0 Å². The molecule has 1 aliphatic rings. The number of nitrogens with one attached hydrogen (secondary N) is 1. The van der Waals surface area contributed by atoms with E-state index in [4.69, 9.17) is 9.47 Å². The van der Waals surface area contributed by atoms with E-state index in [2.05, 4.69) is 24.1 Å². The molecule has 0 radical (unpaired) electrons. The molecule has 0 aromatic rings. The molecule has 1 fully saturated rings. The Morgan fingerprint density at radius 1 is 1.39 bits per heavy atom. The van der Waals surface area contributed by atoms with E-state index in [-0.39, 0.29) is 5.60 Å². The summed E-state index contributed by atoms with van der Waals surface area (Å²) in [5.41, 5.74) is -0.0666. The largest absolute Gasteiger partial charge is 0.381 e. The van der Waals surface area contributed by atoms with Crippen LogP contribution in [0.4, 0.5) is 0 Å². The summed E-state index contributed by atoms with van der Waals surface area (Å²) in [6.45, 7) is 6.74. The number of hydrogen-bond donors (Lipinski definition) is 1. The molecule has 1 rings (SSSR count). The summed E-state index contributed by atoms with van der Waals surface area (Å²) in [5.74, 6) is 6.13. The smallest absolute Gasteiger partial charge is 0.0875 e. The first kappa shape index (κ1) is 15.5. The van der Waals surface area contributed by atoms with Crippen molar-refractivity contribution in [2.75, 3.05) is 26.9 Å². The van der Waals surface area contributed by atoms with E-state index in [1.54, 1.807) is 0 Å². The van der Waals surface area contributed by atoms with Gasteiger partial charge in [-0.15, -0.1) is 11.8 Å². The van der Waals surface area contributed by atoms with Gasteiger partial charge in [-0.3, -0.25) is 0 Å². The van der Waals surface area contributed by atoms with E-state index in [0.717, 1.165) is 51.9 Å². The molecule has 1 heterocycles. The number of methoxy groups -OCH3 is 1. The van der Waals surface area contributed by atoms with Crippen LogP contribution in [0.3, 0.4) is 0 Å². The summed E-state index contributed by atoms with van der Waals surface area (Å²) in [4.78, 5) is 0. The second-order valence-corrected chi connectivity index (χ2v) is 4.85. The second-order valence-electron chi connectivity index (χ2n) is 4.85. The van der Waals surface area contributed by atoms with Crippen molar-refractivity contribution < 1.29 is 9.47 Å². The summed E-state index contributed by atoms with van der Waals surface area (Å²) in [6, 6.07) is 0.382. The highest BCUT2D eigenvalue weighted by molar-refractivity contribution is 5.00. The van der Waals surface area contributed by atoms with Crippen molar-refractivity contribution in [1.29, 1.82) is 0 Å². The fourth-order valence-corrected chi connectivity index (χ4v) is 2.62. The van der Waals surface area contributed by atoms with Crippen LogP contribution in [0.25, 0.3) is 0 Å². The number of rotatable bonds is 7. The molecular weight excluding hydrogens is 226 g/mol. The molecule has 3 heteroatoms. The summed E-state index contributed by atoms with van der Waals surface area (Å²) in [5, 5.41) is 3.64. The molecule has 1 aliphatic heterocycles. The Morgan fingerprint density at radius 3 is 2.67 bits per heavy atom. The maximum absolute atomic E-state index is 5.88. The first-order valence-electron chi connectivity index (χ1n) is 7.05. The lowest BCUT2D eigenvalue weighted by Gasteiger charge is -2.42. The van der Waals surface area contributed by atoms with Gasteiger partial charge in [0.15, 0.2) is 0 Å². The lowest BCUT2D eigenvalue weighted by molar-refractivity contribution is -0.111. The molecule has 3 nitrogen and oxygen atoms in total. The van der Waals surface area contributed by atoms with Crippen molar-refractivity contribution in [2.24, 2.45) is 0 Å². The minimum absolute atomic E-state index is 0.0666. The molecule has 0 aromatic heterocycles. The molecule has 1 saturated heterocycles. The molecule has 0 amide bonds. The van der Waals surface area contributed by atoms with Gasteiger partial charge in [0.2, 0.25) is 0 Å². The Labute approximate surface area is 112 Å². The molecule has 0 bridgehead atoms. The van der Waals surface area contributed by atoms with Gasteiger partial charge < -0.3 is 14.8 Å². The zero-order valence-corrected chi connectivity index (χ0v) is 12.1. The van der Waals surface area contributed by atoms with E-state index >= 15 is 0 Å². The van der Waals surface area contributed by atoms with Crippen molar-refractivity contribution in [2.45, 2.75) is 57.6 Å². The third-order valence-corrected chi connectivity index (χ3v) is 3.76. The number of hydrogen-bond acceptors (Lipinski definition) is 3. The highest BCUT2D eigenvalue weighted by atomic mass is 16.5. The highest BCUT2D eigenvalue weighted by Gasteiger charge is 2.39. The monoisotopic (exact) mass is 253 g/mol. The molecule has 1 unspecified atom stereocenters. The summed E-state index contributed by atoms with van der Waals surface area (Å²) < 4.78 is 11.3. The van der Waals surface area contributed by atoms with E-state index in [1.165, 1.54) is 0 Å². The van der Waals surface area contributed by atoms with Crippen LogP contribution in [0.1, 0.15) is 46.0 Å². The van der Waals surface area contributed by atoms with Crippen LogP contribution < -0.4 is 5.32 Å². The van der Waals surface area contributed by atoms with E-state index in [9.17, 15) is 0 Å². The van der Waals surface area contributed by atoms with Crippen molar-refractivity contribution in [3.8, 4) is 11.8 Å². The average molecular weight is 253 g/mol. The van der Waals surface area contributed by atoms with Crippen LogP contribution in [0.5, 0.6) is 0 Å². The SMILES string of the molecule is CC#CCCC(NCCC)C1(OC)CCOCC1. The zero-order chi connectivity index (χ0) is 13.3. The van der Waals surface area contributed by atoms with Gasteiger partial charge in [0.05, 0.1) is 5.60 Å². The van der Waals surface area contributed by atoms with Crippen molar-refractivity contribution in [3.63, 3.8) is 0 Å². The van der Waals surface area contributed by atoms with Crippen LogP contribution >= 0.6 is 0 Å². The summed E-state index contributed by atoms with van der Waals surface area (Å²) >= 11 is 0. The molecule has 1 atom stereocenters. The van der Waals surface area contributed by atoms with Crippen LogP contribution in [0.15, 0.2) is 0 Å². The Morgan fingerprint density at radius 2 is 2.11 bits per heavy atom. The summed E-state index contributed by atoms with van der Waals surface area (Å²) in [7, 11) is 1.83. The van der Waals surface area contributed by atoms with Gasteiger partial charge >= 0.3 is 0 Å². The van der Waals surface area contributed by atoms with Crippen LogP contribution in [0, 0.1) is 11.8 Å². The molecule has 104 valence electrons. The predicted octanol–water partition coefficient (Wildman–Crippen LogP) is 2.35. The van der Waals surface area contributed by atoms with Crippen LogP contribution in [-0.2, 0) is 9.47 Å². The standard InChI is InChI=1S/C15H27NO2/c1-4-6-7-8-14(16-11-5-2)15(17-3)9-12-18-13-10-15/h14,16H,5,7-13H2,1-3H3. The molecule has 18 heavy (non-hydrogen) atoms. The lowest BCUT2D eigenvalue weighted by Crippen LogP contribution is -2.55. The Hall–Kier alpha value is -0.560. The topological polar surface area (TPSA) is 30.5 Å². The molecule has 0 aliphatic carbocycles. The van der Waals surface area contributed by atoms with E-state index < -0.39 is 0 Å². The van der Waals surface area contributed by atoms with Crippen LogP contribution in [0.2, 0.25) is 0 Å². The lowest BCUT2D eigenvalue weighted by atomic mass is 9.83. The zero-order valence-electron chi connectivity index (χ0n) is 12.1. The molecule has 0 spiro atoms. The first-order chi connectivity index (χ1) is 8.79. The highest BCUT2D eigenvalue weighted by Crippen LogP contribution is 2.30. The Kier molecular flexibility index (Phi) is 7.34. The fraction of sp³-hybridized carbons (Fsp3) is 0.867. The predicted molar refractivity (Wildman–Crippen MR) is 74.6 cm³/mol. The molecule has 0 aromatic carbocycles. The number of ether oxygens (including phenoxy) is 2. The van der Waals surface area contributed by atoms with Gasteiger partial charge in [0.1, 0.15) is 0 Å². The van der Waals surface area contributed by atoms with Gasteiger partial charge in [0, 0.05) is 45.6 Å². The van der Waals surface area contributed by atoms with Crippen molar-refractivity contribution in [1.82, 2.24) is 5.32 Å². The second kappa shape index (κ2) is 8.53. The van der Waals surface area contributed by atoms with Crippen molar-refractivity contribution >= 4 is 0 Å². The third-order valence-electron chi connectivity index (χ3n) is 3.76. The maximum Gasteiger partial charge on any atom is 0.0875 e. The van der Waals surface area contributed by atoms with Gasteiger partial charge in [-0.05, 0) is 26.3 Å². The van der Waals surface area contributed by atoms with E-state index in [1.807, 2.05) is 14.0 Å². The fourth-order valence-electron chi connectivity index (χ4n) is 2.62. The Bertz CT molecular complexity index is 274. The normalized spacial score (nSPS) is 19.9. The summed E-state index contributed by atoms with van der Waals surface area (Å²) in [6.07, 6.45) is 5.08. The van der Waals surface area contributed by atoms with Gasteiger partial charge in [-0.2, -0.15) is 0 Å². The minimum atomic E-state index is -0.0666.